The summed E-state index contributed by atoms with van der Waals surface area (Å²) in [7, 11) is 1.25. The van der Waals surface area contributed by atoms with Gasteiger partial charge in [0.25, 0.3) is 0 Å². The van der Waals surface area contributed by atoms with E-state index in [2.05, 4.69) is 4.74 Å². The van der Waals surface area contributed by atoms with Gasteiger partial charge in [-0.25, -0.2) is 4.39 Å². The van der Waals surface area contributed by atoms with Crippen LogP contribution in [0.1, 0.15) is 11.1 Å². The van der Waals surface area contributed by atoms with Crippen LogP contribution in [0.25, 0.3) is 0 Å². The molecule has 0 aliphatic rings. The summed E-state index contributed by atoms with van der Waals surface area (Å²) in [5.41, 5.74) is 0.270. The third kappa shape index (κ3) is 2.67. The molecule has 0 amide bonds. The molecule has 0 bridgehead atoms. The minimum absolute atomic E-state index is 0.0365. The van der Waals surface area contributed by atoms with E-state index >= 15 is 0 Å². The second-order valence-electron chi connectivity index (χ2n) is 2.80. The summed E-state index contributed by atoms with van der Waals surface area (Å²) in [6.45, 7) is 0. The molecule has 0 saturated heterocycles. The molecule has 0 radical (unpaired) electrons. The number of benzene rings is 1. The van der Waals surface area contributed by atoms with Gasteiger partial charge in [-0.3, -0.25) is 4.79 Å². The highest BCUT2D eigenvalue weighted by molar-refractivity contribution is 6.30. The van der Waals surface area contributed by atoms with Crippen LogP contribution in [-0.2, 0) is 16.0 Å². The molecule has 0 heterocycles. The molecule has 1 aromatic rings. The van der Waals surface area contributed by atoms with Crippen molar-refractivity contribution in [1.82, 2.24) is 0 Å². The number of ether oxygens (including phenoxy) is 1. The first-order valence-electron chi connectivity index (χ1n) is 4.03. The van der Waals surface area contributed by atoms with E-state index in [0.29, 0.717) is 5.56 Å². The summed E-state index contributed by atoms with van der Waals surface area (Å²) in [6, 6.07) is 4.23. The Morgan fingerprint density at radius 1 is 1.67 bits per heavy atom. The number of hydrogen-bond donors (Lipinski definition) is 0. The van der Waals surface area contributed by atoms with Crippen LogP contribution in [0.5, 0.6) is 0 Å². The highest BCUT2D eigenvalue weighted by Crippen LogP contribution is 2.20. The molecule has 0 unspecified atom stereocenters. The van der Waals surface area contributed by atoms with Crippen LogP contribution in [0.2, 0.25) is 5.02 Å². The number of halogens is 2. The predicted molar refractivity (Wildman–Crippen MR) is 51.8 cm³/mol. The Morgan fingerprint density at radius 2 is 2.33 bits per heavy atom. The maximum Gasteiger partial charge on any atom is 0.309 e. The number of methoxy groups -OCH3 is 1. The molecule has 0 saturated carbocycles. The highest BCUT2D eigenvalue weighted by Gasteiger charge is 2.11. The molecule has 0 N–H and O–H groups in total. The molecule has 0 fully saturated rings. The SMILES string of the molecule is COC(=O)Cc1cc(Cl)c(F)c(C#N)c1. The second-order valence-corrected chi connectivity index (χ2v) is 3.21. The Hall–Kier alpha value is -1.60. The van der Waals surface area contributed by atoms with Gasteiger partial charge < -0.3 is 4.74 Å². The number of nitriles is 1. The number of carbonyl (C=O) groups is 1. The van der Waals surface area contributed by atoms with Crippen molar-refractivity contribution >= 4 is 17.6 Å². The molecule has 1 rings (SSSR count). The van der Waals surface area contributed by atoms with E-state index in [1.807, 2.05) is 0 Å². The number of rotatable bonds is 2. The Bertz CT molecular complexity index is 440. The molecular formula is C10H7ClFNO2. The lowest BCUT2D eigenvalue weighted by atomic mass is 10.1. The normalized spacial score (nSPS) is 9.47. The zero-order valence-electron chi connectivity index (χ0n) is 7.88. The summed E-state index contributed by atoms with van der Waals surface area (Å²) in [4.78, 5) is 10.9. The largest absolute Gasteiger partial charge is 0.469 e. The molecule has 3 nitrogen and oxygen atoms in total. The van der Waals surface area contributed by atoms with Crippen molar-refractivity contribution in [2.75, 3.05) is 7.11 Å². The van der Waals surface area contributed by atoms with E-state index in [0.717, 1.165) is 0 Å². The summed E-state index contributed by atoms with van der Waals surface area (Å²) >= 11 is 5.55. The molecule has 0 aliphatic heterocycles. The fraction of sp³-hybridized carbons (Fsp3) is 0.200. The van der Waals surface area contributed by atoms with Gasteiger partial charge in [0, 0.05) is 0 Å². The Labute approximate surface area is 91.0 Å². The van der Waals surface area contributed by atoms with Crippen LogP contribution < -0.4 is 0 Å². The fourth-order valence-corrected chi connectivity index (χ4v) is 1.31. The third-order valence-electron chi connectivity index (χ3n) is 1.78. The summed E-state index contributed by atoms with van der Waals surface area (Å²) in [6.07, 6.45) is -0.0365. The van der Waals surface area contributed by atoms with Crippen molar-refractivity contribution in [1.29, 1.82) is 5.26 Å². The van der Waals surface area contributed by atoms with Crippen molar-refractivity contribution in [3.05, 3.63) is 34.1 Å². The van der Waals surface area contributed by atoms with Gasteiger partial charge in [-0.15, -0.1) is 0 Å². The smallest absolute Gasteiger partial charge is 0.309 e. The van der Waals surface area contributed by atoms with Crippen LogP contribution in [0.3, 0.4) is 0 Å². The van der Waals surface area contributed by atoms with Crippen LogP contribution in [0.15, 0.2) is 12.1 Å². The predicted octanol–water partition coefficient (Wildman–Crippen LogP) is 2.07. The molecule has 1 aromatic carbocycles. The first kappa shape index (κ1) is 11.5. The van der Waals surface area contributed by atoms with Gasteiger partial charge in [-0.05, 0) is 17.7 Å². The monoisotopic (exact) mass is 227 g/mol. The average Bonchev–Trinajstić information content (AvgIpc) is 2.22. The molecule has 15 heavy (non-hydrogen) atoms. The topological polar surface area (TPSA) is 50.1 Å². The maximum atomic E-state index is 13.1. The van der Waals surface area contributed by atoms with Gasteiger partial charge in [0.05, 0.1) is 24.1 Å². The first-order chi connectivity index (χ1) is 7.08. The van der Waals surface area contributed by atoms with Crippen molar-refractivity contribution < 1.29 is 13.9 Å². The van der Waals surface area contributed by atoms with Gasteiger partial charge in [-0.1, -0.05) is 11.6 Å². The summed E-state index contributed by atoms with van der Waals surface area (Å²) in [5.74, 6) is -1.24. The van der Waals surface area contributed by atoms with E-state index in [-0.39, 0.29) is 17.0 Å². The standard InChI is InChI=1S/C10H7ClFNO2/c1-15-9(14)4-6-2-7(5-13)10(12)8(11)3-6/h2-3H,4H2,1H3. The van der Waals surface area contributed by atoms with Gasteiger partial charge >= 0.3 is 5.97 Å². The molecule has 5 heteroatoms. The fourth-order valence-electron chi connectivity index (χ4n) is 1.07. The van der Waals surface area contributed by atoms with Crippen molar-refractivity contribution in [3.8, 4) is 6.07 Å². The average molecular weight is 228 g/mol. The van der Waals surface area contributed by atoms with Crippen LogP contribution in [0, 0.1) is 17.1 Å². The Kier molecular flexibility index (Phi) is 3.64. The van der Waals surface area contributed by atoms with Gasteiger partial charge in [0.15, 0.2) is 5.82 Å². The quantitative estimate of drug-likeness (QED) is 0.727. The van der Waals surface area contributed by atoms with E-state index in [4.69, 9.17) is 16.9 Å². The molecule has 78 valence electrons. The number of nitrogens with zero attached hydrogens (tertiary/aromatic N) is 1. The van der Waals surface area contributed by atoms with E-state index in [1.165, 1.54) is 19.2 Å². The van der Waals surface area contributed by atoms with E-state index in [9.17, 15) is 9.18 Å². The van der Waals surface area contributed by atoms with Crippen molar-refractivity contribution in [2.24, 2.45) is 0 Å². The molecular weight excluding hydrogens is 221 g/mol. The number of esters is 1. The first-order valence-corrected chi connectivity index (χ1v) is 4.41. The van der Waals surface area contributed by atoms with Crippen LogP contribution >= 0.6 is 11.6 Å². The minimum Gasteiger partial charge on any atom is -0.469 e. The molecule has 0 aliphatic carbocycles. The van der Waals surface area contributed by atoms with E-state index in [1.54, 1.807) is 6.07 Å². The third-order valence-corrected chi connectivity index (χ3v) is 2.06. The summed E-state index contributed by atoms with van der Waals surface area (Å²) in [5, 5.41) is 8.42. The van der Waals surface area contributed by atoms with Crippen LogP contribution in [-0.4, -0.2) is 13.1 Å². The highest BCUT2D eigenvalue weighted by atomic mass is 35.5. The lowest BCUT2D eigenvalue weighted by Gasteiger charge is -2.03. The number of carbonyl (C=O) groups excluding carboxylic acids is 1. The zero-order chi connectivity index (χ0) is 11.4. The molecule has 0 spiro atoms. The number of hydrogen-bond acceptors (Lipinski definition) is 3. The van der Waals surface area contributed by atoms with Crippen molar-refractivity contribution in [2.45, 2.75) is 6.42 Å². The van der Waals surface area contributed by atoms with Gasteiger partial charge in [-0.2, -0.15) is 5.26 Å². The van der Waals surface area contributed by atoms with Crippen LogP contribution in [0.4, 0.5) is 4.39 Å². The molecule has 0 atom stereocenters. The molecule has 0 aromatic heterocycles. The van der Waals surface area contributed by atoms with Gasteiger partial charge in [0.1, 0.15) is 6.07 Å². The Balaban J connectivity index is 3.07. The minimum atomic E-state index is -0.771. The zero-order valence-corrected chi connectivity index (χ0v) is 8.64. The van der Waals surface area contributed by atoms with E-state index < -0.39 is 11.8 Å². The summed E-state index contributed by atoms with van der Waals surface area (Å²) < 4.78 is 17.6. The lowest BCUT2D eigenvalue weighted by Crippen LogP contribution is -2.05. The Morgan fingerprint density at radius 3 is 2.87 bits per heavy atom. The van der Waals surface area contributed by atoms with Gasteiger partial charge in [0.2, 0.25) is 0 Å². The van der Waals surface area contributed by atoms with Crippen molar-refractivity contribution in [3.63, 3.8) is 0 Å². The maximum absolute atomic E-state index is 13.1. The second kappa shape index (κ2) is 4.76. The lowest BCUT2D eigenvalue weighted by molar-refractivity contribution is -0.139.